The maximum Gasteiger partial charge on any atom is 0.264 e. The van der Waals surface area contributed by atoms with E-state index >= 15 is 0 Å². The van der Waals surface area contributed by atoms with E-state index in [9.17, 15) is 13.2 Å². The number of ether oxygens (including phenoxy) is 1. The molecule has 0 heterocycles. The van der Waals surface area contributed by atoms with Crippen LogP contribution in [0.3, 0.4) is 0 Å². The Kier molecular flexibility index (Phi) is 7.42. The van der Waals surface area contributed by atoms with Gasteiger partial charge in [-0.1, -0.05) is 12.1 Å². The molecule has 0 bridgehead atoms. The highest BCUT2D eigenvalue weighted by Gasteiger charge is 2.10. The fourth-order valence-corrected chi connectivity index (χ4v) is 3.27. The van der Waals surface area contributed by atoms with Gasteiger partial charge in [-0.15, -0.1) is 0 Å². The van der Waals surface area contributed by atoms with Crippen molar-refractivity contribution in [1.82, 2.24) is 0 Å². The second-order valence-electron chi connectivity index (χ2n) is 6.48. The van der Waals surface area contributed by atoms with E-state index in [1.54, 1.807) is 6.07 Å². The summed E-state index contributed by atoms with van der Waals surface area (Å²) in [4.78, 5) is 13.3. The zero-order valence-electron chi connectivity index (χ0n) is 16.3. The molecule has 0 saturated heterocycles. The van der Waals surface area contributed by atoms with E-state index in [4.69, 9.17) is 9.29 Å². The second kappa shape index (κ2) is 9.57. The molecule has 2 aromatic carbocycles. The fourth-order valence-electron chi connectivity index (χ4n) is 2.78. The molecule has 2 aromatic rings. The molecule has 0 saturated carbocycles. The molecule has 0 unspecified atom stereocenters. The molecule has 2 rings (SSSR count). The molecule has 0 aliphatic heterocycles. The van der Waals surface area contributed by atoms with Crippen molar-refractivity contribution >= 4 is 27.4 Å². The summed E-state index contributed by atoms with van der Waals surface area (Å²) in [5.74, 6) is 0.810. The number of carbonyl (C=O) groups excluding carboxylic acids is 1. The third-order valence-electron chi connectivity index (χ3n) is 4.15. The quantitative estimate of drug-likeness (QED) is 0.614. The van der Waals surface area contributed by atoms with Crippen molar-refractivity contribution in [2.75, 3.05) is 29.1 Å². The summed E-state index contributed by atoms with van der Waals surface area (Å²) in [6, 6.07) is 12.9. The van der Waals surface area contributed by atoms with Gasteiger partial charge in [0.05, 0.1) is 5.75 Å². The molecule has 7 nitrogen and oxygen atoms in total. The number of anilines is 2. The van der Waals surface area contributed by atoms with Gasteiger partial charge in [-0.25, -0.2) is 0 Å². The summed E-state index contributed by atoms with van der Waals surface area (Å²) in [7, 11) is -3.96. The molecule has 0 radical (unpaired) electrons. The van der Waals surface area contributed by atoms with E-state index in [1.165, 1.54) is 6.92 Å². The lowest BCUT2D eigenvalue weighted by Gasteiger charge is -2.23. The zero-order chi connectivity index (χ0) is 20.7. The van der Waals surface area contributed by atoms with E-state index in [-0.39, 0.29) is 11.7 Å². The molecule has 8 heteroatoms. The maximum atomic E-state index is 11.3. The Labute approximate surface area is 166 Å². The lowest BCUT2D eigenvalue weighted by atomic mass is 10.2. The average Bonchev–Trinajstić information content (AvgIpc) is 2.60. The summed E-state index contributed by atoms with van der Waals surface area (Å²) < 4.78 is 36.6. The van der Waals surface area contributed by atoms with Crippen molar-refractivity contribution in [3.8, 4) is 11.5 Å². The lowest BCUT2D eigenvalue weighted by molar-refractivity contribution is -0.114. The Morgan fingerprint density at radius 2 is 1.89 bits per heavy atom. The molecular weight excluding hydrogens is 380 g/mol. The molecule has 28 heavy (non-hydrogen) atoms. The minimum Gasteiger partial charge on any atom is -0.457 e. The minimum absolute atomic E-state index is 0.147. The van der Waals surface area contributed by atoms with Gasteiger partial charge < -0.3 is 15.0 Å². The van der Waals surface area contributed by atoms with E-state index in [2.05, 4.69) is 5.32 Å². The number of hydrogen-bond donors (Lipinski definition) is 2. The van der Waals surface area contributed by atoms with Crippen LogP contribution < -0.4 is 15.0 Å². The Morgan fingerprint density at radius 3 is 2.54 bits per heavy atom. The minimum atomic E-state index is -3.96. The van der Waals surface area contributed by atoms with Crippen LogP contribution in [-0.2, 0) is 14.9 Å². The molecule has 152 valence electrons. The molecule has 0 spiro atoms. The summed E-state index contributed by atoms with van der Waals surface area (Å²) in [6.45, 7) is 6.52. The highest BCUT2D eigenvalue weighted by Crippen LogP contribution is 2.29. The predicted octanol–water partition coefficient (Wildman–Crippen LogP) is 3.85. The number of nitrogens with one attached hydrogen (secondary N) is 1. The number of hydrogen-bond acceptors (Lipinski definition) is 5. The Hall–Kier alpha value is -2.58. The predicted molar refractivity (Wildman–Crippen MR) is 111 cm³/mol. The monoisotopic (exact) mass is 406 g/mol. The van der Waals surface area contributed by atoms with Crippen molar-refractivity contribution in [2.45, 2.75) is 27.2 Å². The van der Waals surface area contributed by atoms with Crippen LogP contribution in [0.1, 0.15) is 25.8 Å². The van der Waals surface area contributed by atoms with Crippen LogP contribution in [-0.4, -0.2) is 37.7 Å². The van der Waals surface area contributed by atoms with Crippen LogP contribution in [0.25, 0.3) is 0 Å². The number of carbonyl (C=O) groups is 1. The highest BCUT2D eigenvalue weighted by molar-refractivity contribution is 7.85. The first-order valence-corrected chi connectivity index (χ1v) is 10.6. The molecule has 0 atom stereocenters. The molecule has 0 aliphatic carbocycles. The van der Waals surface area contributed by atoms with Gasteiger partial charge in [0.15, 0.2) is 0 Å². The molecule has 0 fully saturated rings. The van der Waals surface area contributed by atoms with E-state index in [1.807, 2.05) is 55.1 Å². The van der Waals surface area contributed by atoms with E-state index < -0.39 is 10.1 Å². The Bertz CT molecular complexity index is 928. The summed E-state index contributed by atoms with van der Waals surface area (Å²) in [5.41, 5.74) is 2.53. The summed E-state index contributed by atoms with van der Waals surface area (Å²) in [6.07, 6.45) is 0.329. The first-order chi connectivity index (χ1) is 13.2. The third-order valence-corrected chi connectivity index (χ3v) is 4.95. The summed E-state index contributed by atoms with van der Waals surface area (Å²) >= 11 is 0. The fraction of sp³-hybridized carbons (Fsp3) is 0.350. The van der Waals surface area contributed by atoms with Crippen molar-refractivity contribution in [1.29, 1.82) is 0 Å². The topological polar surface area (TPSA) is 95.9 Å². The van der Waals surface area contributed by atoms with Crippen molar-refractivity contribution in [3.63, 3.8) is 0 Å². The molecular formula is C20H26N2O5S. The van der Waals surface area contributed by atoms with Crippen LogP contribution in [0, 0.1) is 6.92 Å². The number of amides is 1. The van der Waals surface area contributed by atoms with E-state index in [0.717, 1.165) is 11.3 Å². The van der Waals surface area contributed by atoms with Crippen molar-refractivity contribution < 1.29 is 22.5 Å². The van der Waals surface area contributed by atoms with Crippen LogP contribution in [0.2, 0.25) is 0 Å². The standard InChI is InChI=1S/C20H26N2O5S/c1-4-22(11-6-12-28(24,25)26)17-7-5-8-18(13-17)27-19-10-9-15(2)20(14-19)21-16(3)23/h5,7-10,13-14H,4,6,11-12H2,1-3H3,(H,21,23)(H,24,25,26). The van der Waals surface area contributed by atoms with Crippen molar-refractivity contribution in [2.24, 2.45) is 0 Å². The number of rotatable bonds is 9. The van der Waals surface area contributed by atoms with Gasteiger partial charge in [-0.2, -0.15) is 8.42 Å². The number of aryl methyl sites for hydroxylation is 1. The maximum absolute atomic E-state index is 11.3. The van der Waals surface area contributed by atoms with Crippen molar-refractivity contribution in [3.05, 3.63) is 48.0 Å². The van der Waals surface area contributed by atoms with Gasteiger partial charge in [0.2, 0.25) is 5.91 Å². The Morgan fingerprint density at radius 1 is 1.18 bits per heavy atom. The first kappa shape index (κ1) is 21.7. The number of nitrogens with zero attached hydrogens (tertiary/aromatic N) is 1. The van der Waals surface area contributed by atoms with Gasteiger partial charge in [-0.3, -0.25) is 9.35 Å². The van der Waals surface area contributed by atoms with E-state index in [0.29, 0.717) is 36.7 Å². The molecule has 1 amide bonds. The zero-order valence-corrected chi connectivity index (χ0v) is 17.1. The third kappa shape index (κ3) is 6.86. The van der Waals surface area contributed by atoms with Crippen LogP contribution in [0.4, 0.5) is 11.4 Å². The SMILES string of the molecule is CCN(CCCS(=O)(=O)O)c1cccc(Oc2ccc(C)c(NC(C)=O)c2)c1. The van der Waals surface area contributed by atoms with Crippen LogP contribution in [0.15, 0.2) is 42.5 Å². The first-order valence-electron chi connectivity index (χ1n) is 9.04. The molecule has 2 N–H and O–H groups in total. The molecule has 0 aromatic heterocycles. The Balaban J connectivity index is 2.13. The van der Waals surface area contributed by atoms with Gasteiger partial charge in [0.25, 0.3) is 10.1 Å². The van der Waals surface area contributed by atoms with Gasteiger partial charge in [0.1, 0.15) is 11.5 Å². The molecule has 0 aliphatic rings. The number of benzene rings is 2. The van der Waals surface area contributed by atoms with Crippen LogP contribution in [0.5, 0.6) is 11.5 Å². The second-order valence-corrected chi connectivity index (χ2v) is 8.05. The average molecular weight is 407 g/mol. The van der Waals surface area contributed by atoms with Gasteiger partial charge >= 0.3 is 0 Å². The smallest absolute Gasteiger partial charge is 0.264 e. The largest absolute Gasteiger partial charge is 0.457 e. The highest BCUT2D eigenvalue weighted by atomic mass is 32.2. The lowest BCUT2D eigenvalue weighted by Crippen LogP contribution is -2.25. The van der Waals surface area contributed by atoms with Gasteiger partial charge in [0, 0.05) is 43.5 Å². The van der Waals surface area contributed by atoms with Crippen LogP contribution >= 0.6 is 0 Å². The normalized spacial score (nSPS) is 11.1. The summed E-state index contributed by atoms with van der Waals surface area (Å²) in [5, 5.41) is 2.78. The van der Waals surface area contributed by atoms with Gasteiger partial charge in [-0.05, 0) is 44.0 Å².